The van der Waals surface area contributed by atoms with E-state index in [2.05, 4.69) is 32.2 Å². The molecule has 1 rings (SSSR count). The van der Waals surface area contributed by atoms with Crippen LogP contribution in [-0.2, 0) is 25.7 Å². The van der Waals surface area contributed by atoms with Crippen molar-refractivity contribution in [2.75, 3.05) is 38.1 Å². The van der Waals surface area contributed by atoms with Crippen LogP contribution >= 0.6 is 15.9 Å². The van der Waals surface area contributed by atoms with Gasteiger partial charge >= 0.3 is 6.09 Å². The van der Waals surface area contributed by atoms with E-state index in [1.165, 1.54) is 10.0 Å². The number of carbonyl (C=O) groups excluding carboxylic acids is 4. The molecule has 1 aromatic rings. The van der Waals surface area contributed by atoms with Gasteiger partial charge in [0.15, 0.2) is 0 Å². The highest BCUT2D eigenvalue weighted by molar-refractivity contribution is 9.09. The summed E-state index contributed by atoms with van der Waals surface area (Å²) in [5.41, 5.74) is 8.84. The maximum atomic E-state index is 13.2. The van der Waals surface area contributed by atoms with Crippen LogP contribution in [-0.4, -0.2) is 76.9 Å². The molecule has 1 aromatic carbocycles. The molecule has 0 spiro atoms. The van der Waals surface area contributed by atoms with Gasteiger partial charge in [0.2, 0.25) is 11.8 Å². The molecule has 12 heteroatoms. The lowest BCUT2D eigenvalue weighted by Gasteiger charge is -2.30. The molecule has 4 amide bonds. The van der Waals surface area contributed by atoms with E-state index in [-0.39, 0.29) is 61.1 Å². The summed E-state index contributed by atoms with van der Waals surface area (Å²) in [5.74, 6) is -0.608. The highest BCUT2D eigenvalue weighted by atomic mass is 79.9. The molecule has 0 fully saturated rings. The van der Waals surface area contributed by atoms with Crippen molar-refractivity contribution in [3.8, 4) is 0 Å². The molecular formula is C26H43BrN6O5. The van der Waals surface area contributed by atoms with E-state index in [1.807, 2.05) is 71.9 Å². The Balaban J connectivity index is 2.83. The zero-order valence-electron chi connectivity index (χ0n) is 23.3. The second-order valence-electron chi connectivity index (χ2n) is 10.3. The van der Waals surface area contributed by atoms with Gasteiger partial charge in [-0.3, -0.25) is 25.2 Å². The molecule has 11 nitrogen and oxygen atoms in total. The summed E-state index contributed by atoms with van der Waals surface area (Å²) in [5, 5.41) is 4.41. The van der Waals surface area contributed by atoms with E-state index < -0.39 is 12.0 Å². The Morgan fingerprint density at radius 3 is 1.82 bits per heavy atom. The first-order valence-electron chi connectivity index (χ1n) is 12.8. The van der Waals surface area contributed by atoms with Crippen LogP contribution in [0.5, 0.6) is 0 Å². The number of hydrogen-bond donors (Lipinski definition) is 3. The normalized spacial score (nSPS) is 11.3. The molecule has 0 aliphatic heterocycles. The van der Waals surface area contributed by atoms with E-state index in [4.69, 9.17) is 4.74 Å². The standard InChI is InChI=1S/C26H43BrN6O5/c1-19(2)13-31(28-23(34)12-27)16-24(35)29-32(14-20(3)4)17-25(36)33(15-21(5)6)30-26(37)38-18-22-10-8-7-9-11-22/h7-11,19-21H,12-18H2,1-6H3,(H,28,34)(H,29,35)(H,30,37). The van der Waals surface area contributed by atoms with Crippen LogP contribution < -0.4 is 16.3 Å². The summed E-state index contributed by atoms with van der Waals surface area (Å²) < 4.78 is 5.27. The molecule has 0 saturated heterocycles. The van der Waals surface area contributed by atoms with Gasteiger partial charge in [0.25, 0.3) is 5.91 Å². The number of amides is 4. The third-order valence-electron chi connectivity index (χ3n) is 4.81. The van der Waals surface area contributed by atoms with Crippen molar-refractivity contribution in [3.05, 3.63) is 35.9 Å². The van der Waals surface area contributed by atoms with Crippen molar-refractivity contribution in [2.45, 2.75) is 48.1 Å². The number of nitrogens with zero attached hydrogens (tertiary/aromatic N) is 3. The van der Waals surface area contributed by atoms with Crippen LogP contribution in [0.25, 0.3) is 0 Å². The minimum absolute atomic E-state index is 0.0733. The number of benzene rings is 1. The molecule has 0 unspecified atom stereocenters. The molecule has 38 heavy (non-hydrogen) atoms. The van der Waals surface area contributed by atoms with Crippen molar-refractivity contribution in [1.29, 1.82) is 0 Å². The van der Waals surface area contributed by atoms with Crippen molar-refractivity contribution >= 4 is 39.7 Å². The van der Waals surface area contributed by atoms with Crippen LogP contribution in [0.15, 0.2) is 30.3 Å². The van der Waals surface area contributed by atoms with E-state index in [0.717, 1.165) is 5.56 Å². The van der Waals surface area contributed by atoms with E-state index >= 15 is 0 Å². The number of carbonyl (C=O) groups is 4. The number of rotatable bonds is 15. The lowest BCUT2D eigenvalue weighted by Crippen LogP contribution is -2.56. The van der Waals surface area contributed by atoms with Gasteiger partial charge < -0.3 is 4.74 Å². The Kier molecular flexibility index (Phi) is 15.6. The second-order valence-corrected chi connectivity index (χ2v) is 10.9. The van der Waals surface area contributed by atoms with Gasteiger partial charge in [-0.1, -0.05) is 87.8 Å². The third kappa shape index (κ3) is 14.9. The number of hydrazine groups is 3. The molecule has 0 aliphatic carbocycles. The molecule has 214 valence electrons. The zero-order chi connectivity index (χ0) is 28.7. The Morgan fingerprint density at radius 1 is 0.763 bits per heavy atom. The number of alkyl halides is 1. The SMILES string of the molecule is CC(C)CN(CC(=O)NN(CC(=O)N(CC(C)C)NC(=O)OCc1ccccc1)CC(C)C)NC(=O)CBr. The Labute approximate surface area is 234 Å². The molecule has 0 saturated carbocycles. The highest BCUT2D eigenvalue weighted by Gasteiger charge is 2.24. The summed E-state index contributed by atoms with van der Waals surface area (Å²) in [6, 6.07) is 9.24. The molecule has 0 aromatic heterocycles. The Bertz CT molecular complexity index is 884. The smallest absolute Gasteiger partial charge is 0.426 e. The fourth-order valence-electron chi connectivity index (χ4n) is 3.46. The van der Waals surface area contributed by atoms with Gasteiger partial charge in [-0.05, 0) is 23.3 Å². The van der Waals surface area contributed by atoms with E-state index in [1.54, 1.807) is 5.01 Å². The highest BCUT2D eigenvalue weighted by Crippen LogP contribution is 2.04. The Hall–Kier alpha value is -2.70. The molecule has 0 radical (unpaired) electrons. The molecule has 0 aliphatic rings. The zero-order valence-corrected chi connectivity index (χ0v) is 24.9. The quantitative estimate of drug-likeness (QED) is 0.209. The summed E-state index contributed by atoms with van der Waals surface area (Å²) in [6.45, 7) is 12.7. The van der Waals surface area contributed by atoms with Crippen molar-refractivity contribution in [2.24, 2.45) is 17.8 Å². The first-order valence-corrected chi connectivity index (χ1v) is 13.9. The van der Waals surface area contributed by atoms with Gasteiger partial charge in [-0.15, -0.1) is 0 Å². The monoisotopic (exact) mass is 598 g/mol. The first kappa shape index (κ1) is 33.3. The second kappa shape index (κ2) is 17.7. The predicted octanol–water partition coefficient (Wildman–Crippen LogP) is 2.69. The summed E-state index contributed by atoms with van der Waals surface area (Å²) in [4.78, 5) is 50.3. The van der Waals surface area contributed by atoms with Crippen molar-refractivity contribution in [3.63, 3.8) is 0 Å². The lowest BCUT2D eigenvalue weighted by molar-refractivity contribution is -0.139. The minimum atomic E-state index is -0.742. The van der Waals surface area contributed by atoms with Crippen LogP contribution in [0.4, 0.5) is 4.79 Å². The van der Waals surface area contributed by atoms with Gasteiger partial charge in [0.1, 0.15) is 6.61 Å². The van der Waals surface area contributed by atoms with Gasteiger partial charge in [0.05, 0.1) is 18.4 Å². The number of halogens is 1. The average Bonchev–Trinajstić information content (AvgIpc) is 2.81. The largest absolute Gasteiger partial charge is 0.443 e. The minimum Gasteiger partial charge on any atom is -0.443 e. The maximum absolute atomic E-state index is 13.2. The summed E-state index contributed by atoms with van der Waals surface area (Å²) >= 11 is 3.11. The number of ether oxygens (including phenoxy) is 1. The maximum Gasteiger partial charge on any atom is 0.426 e. The fourth-order valence-corrected chi connectivity index (χ4v) is 3.59. The van der Waals surface area contributed by atoms with Gasteiger partial charge in [-0.25, -0.2) is 25.2 Å². The summed E-state index contributed by atoms with van der Waals surface area (Å²) in [6.07, 6.45) is -0.742. The number of hydrogen-bond acceptors (Lipinski definition) is 7. The third-order valence-corrected chi connectivity index (χ3v) is 5.32. The van der Waals surface area contributed by atoms with Gasteiger partial charge in [-0.2, -0.15) is 0 Å². The number of nitrogens with one attached hydrogen (secondary N) is 3. The average molecular weight is 600 g/mol. The van der Waals surface area contributed by atoms with Crippen LogP contribution in [0.3, 0.4) is 0 Å². The molecule has 0 heterocycles. The molecular weight excluding hydrogens is 556 g/mol. The first-order chi connectivity index (χ1) is 17.9. The van der Waals surface area contributed by atoms with Crippen molar-refractivity contribution in [1.82, 2.24) is 31.3 Å². The lowest BCUT2D eigenvalue weighted by atomic mass is 10.2. The van der Waals surface area contributed by atoms with Crippen LogP contribution in [0.1, 0.15) is 47.1 Å². The Morgan fingerprint density at radius 2 is 1.29 bits per heavy atom. The molecule has 3 N–H and O–H groups in total. The van der Waals surface area contributed by atoms with Crippen LogP contribution in [0.2, 0.25) is 0 Å². The fraction of sp³-hybridized carbons (Fsp3) is 0.615. The van der Waals surface area contributed by atoms with Crippen LogP contribution in [0, 0.1) is 17.8 Å². The summed E-state index contributed by atoms with van der Waals surface area (Å²) in [7, 11) is 0. The molecule has 0 bridgehead atoms. The van der Waals surface area contributed by atoms with Crippen molar-refractivity contribution < 1.29 is 23.9 Å². The predicted molar refractivity (Wildman–Crippen MR) is 149 cm³/mol. The van der Waals surface area contributed by atoms with E-state index in [0.29, 0.717) is 13.1 Å². The topological polar surface area (TPSA) is 123 Å². The van der Waals surface area contributed by atoms with E-state index in [9.17, 15) is 19.2 Å². The van der Waals surface area contributed by atoms with Gasteiger partial charge in [0, 0.05) is 19.6 Å². The molecule has 0 atom stereocenters.